The lowest BCUT2D eigenvalue weighted by Crippen LogP contribution is -1.98. The van der Waals surface area contributed by atoms with E-state index in [1.807, 2.05) is 0 Å². The summed E-state index contributed by atoms with van der Waals surface area (Å²) >= 11 is 0.916. The summed E-state index contributed by atoms with van der Waals surface area (Å²) in [7, 11) is 1.17. The Morgan fingerprint density at radius 3 is 2.13 bits per heavy atom. The maximum atomic E-state index is 13.2. The molecule has 0 spiro atoms. The van der Waals surface area contributed by atoms with E-state index in [-0.39, 0.29) is 10.5 Å². The van der Waals surface area contributed by atoms with E-state index in [4.69, 9.17) is 10.7 Å². The minimum Gasteiger partial charge on any atom is -0.212 e. The second-order valence-electron chi connectivity index (χ2n) is 2.78. The summed E-state index contributed by atoms with van der Waals surface area (Å²) in [6.07, 6.45) is 1.53. The Labute approximate surface area is 95.0 Å². The molecule has 0 N–H and O–H groups in total. The average Bonchev–Trinajstić information content (AvgIpc) is 1.99. The van der Waals surface area contributed by atoms with Crippen LogP contribution in [0, 0.1) is 11.6 Å². The Balaban J connectivity index is 3.15. The third kappa shape index (κ3) is 3.62. The standard InChI is InChI=1S/C8H7ClF2O2S2/c1-14-8-6(10)2-5(3-7(8)11)4-15(9,12)13/h2-3H,4H2,1H3. The normalized spacial score (nSPS) is 11.7. The molecule has 0 bridgehead atoms. The summed E-state index contributed by atoms with van der Waals surface area (Å²) in [5, 5.41) is 0. The van der Waals surface area contributed by atoms with Crippen LogP contribution < -0.4 is 0 Å². The Morgan fingerprint density at radius 2 is 1.80 bits per heavy atom. The Hall–Kier alpha value is -0.330. The molecular weight excluding hydrogens is 266 g/mol. The highest BCUT2D eigenvalue weighted by Gasteiger charge is 2.14. The van der Waals surface area contributed by atoms with Crippen molar-refractivity contribution in [1.82, 2.24) is 0 Å². The first kappa shape index (κ1) is 12.7. The number of thioether (sulfide) groups is 1. The zero-order valence-electron chi connectivity index (χ0n) is 7.63. The van der Waals surface area contributed by atoms with Gasteiger partial charge in [0, 0.05) is 10.7 Å². The molecule has 0 aromatic heterocycles. The van der Waals surface area contributed by atoms with Gasteiger partial charge in [-0.15, -0.1) is 11.8 Å². The largest absolute Gasteiger partial charge is 0.236 e. The van der Waals surface area contributed by atoms with Gasteiger partial charge >= 0.3 is 0 Å². The second kappa shape index (κ2) is 4.67. The summed E-state index contributed by atoms with van der Waals surface area (Å²) in [4.78, 5) is -0.134. The summed E-state index contributed by atoms with van der Waals surface area (Å²) in [6, 6.07) is 1.93. The molecule has 0 aliphatic carbocycles. The molecule has 0 amide bonds. The summed E-state index contributed by atoms with van der Waals surface area (Å²) in [5.74, 6) is -2.15. The van der Waals surface area contributed by atoms with Crippen LogP contribution in [0.3, 0.4) is 0 Å². The van der Waals surface area contributed by atoms with Crippen LogP contribution in [-0.2, 0) is 14.8 Å². The van der Waals surface area contributed by atoms with Crippen molar-refractivity contribution < 1.29 is 17.2 Å². The van der Waals surface area contributed by atoms with Crippen molar-refractivity contribution in [2.75, 3.05) is 6.26 Å². The summed E-state index contributed by atoms with van der Waals surface area (Å²) < 4.78 is 47.8. The first-order valence-electron chi connectivity index (χ1n) is 3.77. The molecule has 0 radical (unpaired) electrons. The van der Waals surface area contributed by atoms with Gasteiger partial charge in [0.25, 0.3) is 0 Å². The molecule has 84 valence electrons. The molecule has 7 heteroatoms. The van der Waals surface area contributed by atoms with Gasteiger partial charge in [-0.25, -0.2) is 17.2 Å². The van der Waals surface area contributed by atoms with Gasteiger partial charge < -0.3 is 0 Å². The van der Waals surface area contributed by atoms with Crippen molar-refractivity contribution >= 4 is 31.5 Å². The van der Waals surface area contributed by atoms with Crippen LogP contribution in [0.5, 0.6) is 0 Å². The van der Waals surface area contributed by atoms with Crippen LogP contribution in [0.2, 0.25) is 0 Å². The smallest absolute Gasteiger partial charge is 0.212 e. The van der Waals surface area contributed by atoms with Crippen LogP contribution in [0.4, 0.5) is 8.78 Å². The van der Waals surface area contributed by atoms with Crippen LogP contribution >= 0.6 is 22.4 Å². The van der Waals surface area contributed by atoms with E-state index in [0.717, 1.165) is 23.9 Å². The van der Waals surface area contributed by atoms with E-state index in [1.165, 1.54) is 6.26 Å². The van der Waals surface area contributed by atoms with Gasteiger partial charge in [0.15, 0.2) is 0 Å². The zero-order valence-corrected chi connectivity index (χ0v) is 10.0. The Morgan fingerprint density at radius 1 is 1.33 bits per heavy atom. The number of hydrogen-bond acceptors (Lipinski definition) is 3. The van der Waals surface area contributed by atoms with Gasteiger partial charge in [-0.2, -0.15) is 0 Å². The number of hydrogen-bond donors (Lipinski definition) is 0. The average molecular weight is 273 g/mol. The molecule has 0 saturated heterocycles. The number of rotatable bonds is 3. The molecule has 0 unspecified atom stereocenters. The Kier molecular flexibility index (Phi) is 3.97. The molecule has 1 aromatic carbocycles. The lowest BCUT2D eigenvalue weighted by Gasteiger charge is -2.04. The van der Waals surface area contributed by atoms with E-state index in [2.05, 4.69) is 0 Å². The van der Waals surface area contributed by atoms with Gasteiger partial charge in [0.05, 0.1) is 10.6 Å². The van der Waals surface area contributed by atoms with Crippen molar-refractivity contribution in [3.05, 3.63) is 29.3 Å². The lowest BCUT2D eigenvalue weighted by atomic mass is 10.2. The van der Waals surface area contributed by atoms with Gasteiger partial charge in [0.2, 0.25) is 9.05 Å². The van der Waals surface area contributed by atoms with E-state index in [1.54, 1.807) is 0 Å². The second-order valence-corrected chi connectivity index (χ2v) is 6.37. The third-order valence-electron chi connectivity index (χ3n) is 1.60. The predicted molar refractivity (Wildman–Crippen MR) is 56.6 cm³/mol. The van der Waals surface area contributed by atoms with E-state index >= 15 is 0 Å². The van der Waals surface area contributed by atoms with Gasteiger partial charge in [-0.1, -0.05) is 0 Å². The minimum atomic E-state index is -3.80. The first-order chi connectivity index (χ1) is 6.83. The maximum Gasteiger partial charge on any atom is 0.236 e. The summed E-state index contributed by atoms with van der Waals surface area (Å²) in [6.45, 7) is 0. The molecular formula is C8H7ClF2O2S2. The number of benzene rings is 1. The quantitative estimate of drug-likeness (QED) is 0.627. The van der Waals surface area contributed by atoms with Gasteiger partial charge in [0.1, 0.15) is 11.6 Å². The molecule has 0 fully saturated rings. The maximum absolute atomic E-state index is 13.2. The molecule has 0 saturated carbocycles. The van der Waals surface area contributed by atoms with Crippen molar-refractivity contribution in [2.24, 2.45) is 0 Å². The molecule has 15 heavy (non-hydrogen) atoms. The highest BCUT2D eigenvalue weighted by Crippen LogP contribution is 2.25. The molecule has 1 rings (SSSR count). The fourth-order valence-electron chi connectivity index (χ4n) is 1.09. The summed E-state index contributed by atoms with van der Waals surface area (Å²) in [5.41, 5.74) is -0.00204. The molecule has 0 aliphatic heterocycles. The van der Waals surface area contributed by atoms with Crippen molar-refractivity contribution in [1.29, 1.82) is 0 Å². The van der Waals surface area contributed by atoms with Gasteiger partial charge in [-0.05, 0) is 24.0 Å². The fourth-order valence-corrected chi connectivity index (χ4v) is 2.54. The molecule has 0 aliphatic rings. The van der Waals surface area contributed by atoms with Crippen molar-refractivity contribution in [3.8, 4) is 0 Å². The van der Waals surface area contributed by atoms with Crippen LogP contribution in [0.15, 0.2) is 17.0 Å². The highest BCUT2D eigenvalue weighted by atomic mass is 35.7. The first-order valence-corrected chi connectivity index (χ1v) is 7.48. The number of halogens is 3. The van der Waals surface area contributed by atoms with E-state index in [9.17, 15) is 17.2 Å². The van der Waals surface area contributed by atoms with E-state index < -0.39 is 26.4 Å². The lowest BCUT2D eigenvalue weighted by molar-refractivity contribution is 0.538. The van der Waals surface area contributed by atoms with Crippen molar-refractivity contribution in [3.63, 3.8) is 0 Å². The zero-order chi connectivity index (χ0) is 11.6. The monoisotopic (exact) mass is 272 g/mol. The van der Waals surface area contributed by atoms with Crippen LogP contribution in [0.1, 0.15) is 5.56 Å². The molecule has 0 heterocycles. The SMILES string of the molecule is CSc1c(F)cc(CS(=O)(=O)Cl)cc1F. The topological polar surface area (TPSA) is 34.1 Å². The Bertz CT molecular complexity index is 451. The third-order valence-corrected chi connectivity index (χ3v) is 3.40. The van der Waals surface area contributed by atoms with E-state index in [0.29, 0.717) is 0 Å². The molecule has 0 atom stereocenters. The highest BCUT2D eigenvalue weighted by molar-refractivity contribution is 8.13. The predicted octanol–water partition coefficient (Wildman–Crippen LogP) is 2.76. The molecule has 1 aromatic rings. The molecule has 2 nitrogen and oxygen atoms in total. The van der Waals surface area contributed by atoms with Crippen LogP contribution in [-0.4, -0.2) is 14.7 Å². The minimum absolute atomic E-state index is 0.00204. The van der Waals surface area contributed by atoms with Gasteiger partial charge in [-0.3, -0.25) is 0 Å². The van der Waals surface area contributed by atoms with Crippen LogP contribution in [0.25, 0.3) is 0 Å². The van der Waals surface area contributed by atoms with Crippen molar-refractivity contribution in [2.45, 2.75) is 10.6 Å². The fraction of sp³-hybridized carbons (Fsp3) is 0.250.